The van der Waals surface area contributed by atoms with E-state index in [1.807, 2.05) is 0 Å². The molecule has 1 rings (SSSR count). The molecule has 132 valence electrons. The van der Waals surface area contributed by atoms with Gasteiger partial charge < -0.3 is 4.52 Å². The lowest BCUT2D eigenvalue weighted by Crippen LogP contribution is -2.04. The van der Waals surface area contributed by atoms with Crippen LogP contribution in [0.5, 0.6) is 5.75 Å². The van der Waals surface area contributed by atoms with Gasteiger partial charge in [-0.05, 0) is 31.0 Å². The fourth-order valence-corrected chi connectivity index (χ4v) is 4.26. The van der Waals surface area contributed by atoms with Crippen molar-refractivity contribution in [2.45, 2.75) is 65.2 Å². The lowest BCUT2D eigenvalue weighted by molar-refractivity contribution is 0.257. The SMILES string of the molecule is CCCCCCCCOP(=O)(CCCC)Oc1cccc(Cl)c1. The molecular weight excluding hydrogens is 331 g/mol. The Kier molecular flexibility index (Phi) is 10.7. The van der Waals surface area contributed by atoms with Crippen LogP contribution in [0.4, 0.5) is 0 Å². The van der Waals surface area contributed by atoms with Crippen molar-refractivity contribution in [3.05, 3.63) is 29.3 Å². The van der Waals surface area contributed by atoms with Gasteiger partial charge in [0.1, 0.15) is 5.75 Å². The Morgan fingerprint density at radius 2 is 1.70 bits per heavy atom. The van der Waals surface area contributed by atoms with Crippen LogP contribution in [0.1, 0.15) is 65.2 Å². The molecule has 1 aromatic rings. The van der Waals surface area contributed by atoms with E-state index in [2.05, 4.69) is 13.8 Å². The first-order valence-corrected chi connectivity index (χ1v) is 10.9. The fourth-order valence-electron chi connectivity index (χ4n) is 2.26. The molecule has 0 amide bonds. The molecule has 23 heavy (non-hydrogen) atoms. The quantitative estimate of drug-likeness (QED) is 0.278. The predicted octanol–water partition coefficient (Wildman–Crippen LogP) is 7.09. The highest BCUT2D eigenvalue weighted by Crippen LogP contribution is 2.49. The summed E-state index contributed by atoms with van der Waals surface area (Å²) >= 11 is 5.95. The first-order valence-electron chi connectivity index (χ1n) is 8.78. The number of hydrogen-bond acceptors (Lipinski definition) is 3. The average Bonchev–Trinajstić information content (AvgIpc) is 2.52. The first kappa shape index (κ1) is 20.5. The Hall–Kier alpha value is -0.500. The van der Waals surface area contributed by atoms with Crippen LogP contribution in [-0.4, -0.2) is 12.8 Å². The van der Waals surface area contributed by atoms with Crippen LogP contribution in [0, 0.1) is 0 Å². The number of unbranched alkanes of at least 4 members (excludes halogenated alkanes) is 6. The Labute approximate surface area is 146 Å². The smallest absolute Gasteiger partial charge is 0.379 e. The Balaban J connectivity index is 2.45. The van der Waals surface area contributed by atoms with Crippen molar-refractivity contribution in [2.75, 3.05) is 12.8 Å². The van der Waals surface area contributed by atoms with E-state index in [0.717, 1.165) is 25.7 Å². The molecule has 0 aromatic heterocycles. The fraction of sp³-hybridized carbons (Fsp3) is 0.667. The second-order valence-corrected chi connectivity index (χ2v) is 8.38. The van der Waals surface area contributed by atoms with E-state index in [4.69, 9.17) is 20.6 Å². The lowest BCUT2D eigenvalue weighted by atomic mass is 10.1. The molecule has 1 atom stereocenters. The molecule has 0 fully saturated rings. The van der Waals surface area contributed by atoms with Crippen molar-refractivity contribution in [3.8, 4) is 5.75 Å². The second-order valence-electron chi connectivity index (χ2n) is 5.84. The number of benzene rings is 1. The van der Waals surface area contributed by atoms with Crippen molar-refractivity contribution in [1.29, 1.82) is 0 Å². The summed E-state index contributed by atoms with van der Waals surface area (Å²) in [6, 6.07) is 6.99. The maximum absolute atomic E-state index is 12.9. The number of halogens is 1. The molecule has 0 saturated carbocycles. The van der Waals surface area contributed by atoms with Crippen LogP contribution < -0.4 is 4.52 Å². The first-order chi connectivity index (χ1) is 11.1. The van der Waals surface area contributed by atoms with Gasteiger partial charge in [-0.15, -0.1) is 0 Å². The third-order valence-corrected chi connectivity index (χ3v) is 5.78. The molecule has 0 aliphatic heterocycles. The predicted molar refractivity (Wildman–Crippen MR) is 98.8 cm³/mol. The summed E-state index contributed by atoms with van der Waals surface area (Å²) in [6.45, 7) is 4.77. The molecule has 0 heterocycles. The van der Waals surface area contributed by atoms with Crippen molar-refractivity contribution >= 4 is 19.2 Å². The van der Waals surface area contributed by atoms with Crippen LogP contribution in [0.3, 0.4) is 0 Å². The van der Waals surface area contributed by atoms with Gasteiger partial charge in [0.2, 0.25) is 0 Å². The highest BCUT2D eigenvalue weighted by atomic mass is 35.5. The summed E-state index contributed by atoms with van der Waals surface area (Å²) in [4.78, 5) is 0. The summed E-state index contributed by atoms with van der Waals surface area (Å²) < 4.78 is 24.3. The highest BCUT2D eigenvalue weighted by Gasteiger charge is 2.25. The summed E-state index contributed by atoms with van der Waals surface area (Å²) in [6.07, 6.45) is 9.30. The second kappa shape index (κ2) is 11.9. The van der Waals surface area contributed by atoms with E-state index in [1.54, 1.807) is 24.3 Å². The molecule has 0 N–H and O–H groups in total. The van der Waals surface area contributed by atoms with Crippen LogP contribution in [-0.2, 0) is 9.09 Å². The Bertz CT molecular complexity index is 479. The summed E-state index contributed by atoms with van der Waals surface area (Å²) in [5.74, 6) is 0.514. The van der Waals surface area contributed by atoms with Crippen molar-refractivity contribution in [1.82, 2.24) is 0 Å². The Morgan fingerprint density at radius 3 is 2.39 bits per heavy atom. The van der Waals surface area contributed by atoms with Crippen molar-refractivity contribution in [3.63, 3.8) is 0 Å². The van der Waals surface area contributed by atoms with E-state index in [1.165, 1.54) is 25.7 Å². The Morgan fingerprint density at radius 1 is 1.00 bits per heavy atom. The van der Waals surface area contributed by atoms with Gasteiger partial charge in [-0.1, -0.05) is 70.0 Å². The molecule has 3 nitrogen and oxygen atoms in total. The molecule has 0 aliphatic rings. The standard InChI is InChI=1S/C18H30ClO3P/c1-3-5-7-8-9-10-14-21-23(20,15-6-4-2)22-18-13-11-12-17(19)16-18/h11-13,16H,3-10,14-15H2,1-2H3. The normalized spacial score (nSPS) is 13.7. The third kappa shape index (κ3) is 9.39. The van der Waals surface area contributed by atoms with Crippen LogP contribution in [0.25, 0.3) is 0 Å². The van der Waals surface area contributed by atoms with E-state index in [0.29, 0.717) is 23.5 Å². The van der Waals surface area contributed by atoms with E-state index >= 15 is 0 Å². The molecule has 1 unspecified atom stereocenters. The monoisotopic (exact) mass is 360 g/mol. The van der Waals surface area contributed by atoms with Gasteiger partial charge >= 0.3 is 7.60 Å². The molecule has 0 bridgehead atoms. The zero-order valence-corrected chi connectivity index (χ0v) is 16.1. The molecule has 0 spiro atoms. The number of hydrogen-bond donors (Lipinski definition) is 0. The average molecular weight is 361 g/mol. The molecule has 5 heteroatoms. The van der Waals surface area contributed by atoms with Crippen molar-refractivity contribution < 1.29 is 13.6 Å². The topological polar surface area (TPSA) is 35.5 Å². The zero-order chi connectivity index (χ0) is 17.0. The van der Waals surface area contributed by atoms with E-state index < -0.39 is 7.60 Å². The van der Waals surface area contributed by atoms with Gasteiger partial charge in [0.15, 0.2) is 0 Å². The summed E-state index contributed by atoms with van der Waals surface area (Å²) in [5, 5.41) is 0.570. The van der Waals surface area contributed by atoms with Crippen LogP contribution in [0.15, 0.2) is 24.3 Å². The minimum atomic E-state index is -3.10. The molecule has 0 saturated heterocycles. The molecular formula is C18H30ClO3P. The highest BCUT2D eigenvalue weighted by molar-refractivity contribution is 7.54. The maximum Gasteiger partial charge on any atom is 0.379 e. The van der Waals surface area contributed by atoms with Crippen molar-refractivity contribution in [2.24, 2.45) is 0 Å². The van der Waals surface area contributed by atoms with Gasteiger partial charge in [0.25, 0.3) is 0 Å². The van der Waals surface area contributed by atoms with Gasteiger partial charge in [0.05, 0.1) is 12.8 Å². The summed E-state index contributed by atoms with van der Waals surface area (Å²) in [5.41, 5.74) is 0. The van der Waals surface area contributed by atoms with Gasteiger partial charge in [-0.3, -0.25) is 4.52 Å². The molecule has 0 aliphatic carbocycles. The minimum Gasteiger partial charge on any atom is -0.424 e. The molecule has 1 aromatic carbocycles. The van der Waals surface area contributed by atoms with Crippen LogP contribution >= 0.6 is 19.2 Å². The lowest BCUT2D eigenvalue weighted by Gasteiger charge is -2.19. The van der Waals surface area contributed by atoms with Gasteiger partial charge in [0, 0.05) is 5.02 Å². The minimum absolute atomic E-state index is 0.450. The third-order valence-electron chi connectivity index (χ3n) is 3.61. The van der Waals surface area contributed by atoms with E-state index in [-0.39, 0.29) is 0 Å². The maximum atomic E-state index is 12.9. The van der Waals surface area contributed by atoms with E-state index in [9.17, 15) is 4.57 Å². The molecule has 0 radical (unpaired) electrons. The number of rotatable bonds is 13. The van der Waals surface area contributed by atoms with Crippen LogP contribution in [0.2, 0.25) is 5.02 Å². The summed E-state index contributed by atoms with van der Waals surface area (Å²) in [7, 11) is -3.10. The zero-order valence-electron chi connectivity index (χ0n) is 14.4. The largest absolute Gasteiger partial charge is 0.424 e. The van der Waals surface area contributed by atoms with Gasteiger partial charge in [-0.25, -0.2) is 4.57 Å². The van der Waals surface area contributed by atoms with Gasteiger partial charge in [-0.2, -0.15) is 0 Å².